The van der Waals surface area contributed by atoms with E-state index < -0.39 is 6.04 Å². The van der Waals surface area contributed by atoms with Gasteiger partial charge in [-0.1, -0.05) is 90.0 Å². The van der Waals surface area contributed by atoms with Crippen molar-refractivity contribution in [2.75, 3.05) is 0 Å². The van der Waals surface area contributed by atoms with Crippen molar-refractivity contribution in [1.29, 1.82) is 0 Å². The fourth-order valence-corrected chi connectivity index (χ4v) is 4.16. The van der Waals surface area contributed by atoms with Gasteiger partial charge in [0.15, 0.2) is 0 Å². The van der Waals surface area contributed by atoms with Gasteiger partial charge in [-0.2, -0.15) is 0 Å². The lowest BCUT2D eigenvalue weighted by atomic mass is 10.00. The summed E-state index contributed by atoms with van der Waals surface area (Å²) in [7, 11) is 0. The summed E-state index contributed by atoms with van der Waals surface area (Å²) in [4.78, 5) is 28.8. The summed E-state index contributed by atoms with van der Waals surface area (Å²) in [5, 5.41) is 3.03. The van der Waals surface area contributed by atoms with Crippen LogP contribution in [0.1, 0.15) is 41.7 Å². The lowest BCUT2D eigenvalue weighted by Crippen LogP contribution is -2.52. The summed E-state index contributed by atoms with van der Waals surface area (Å²) in [6, 6.07) is 25.3. The van der Waals surface area contributed by atoms with Crippen LogP contribution < -0.4 is 5.32 Å². The van der Waals surface area contributed by atoms with E-state index in [4.69, 9.17) is 0 Å². The molecule has 3 rings (SSSR count). The molecule has 4 nitrogen and oxygen atoms in total. The summed E-state index contributed by atoms with van der Waals surface area (Å²) in [6.45, 7) is 8.34. The predicted molar refractivity (Wildman–Crippen MR) is 134 cm³/mol. The Morgan fingerprint density at radius 2 is 1.33 bits per heavy atom. The Morgan fingerprint density at radius 3 is 1.88 bits per heavy atom. The van der Waals surface area contributed by atoms with E-state index in [1.54, 1.807) is 4.90 Å². The second-order valence-corrected chi connectivity index (χ2v) is 9.05. The number of rotatable bonds is 9. The van der Waals surface area contributed by atoms with Gasteiger partial charge in [0, 0.05) is 19.0 Å². The highest BCUT2D eigenvalue weighted by molar-refractivity contribution is 5.89. The first kappa shape index (κ1) is 24.2. The molecular weight excluding hydrogens is 408 g/mol. The Bertz CT molecular complexity index is 1040. The minimum absolute atomic E-state index is 0.0103. The smallest absolute Gasteiger partial charge is 0.243 e. The number of carbonyl (C=O) groups is 2. The number of hydrogen-bond donors (Lipinski definition) is 1. The molecule has 0 aliphatic carbocycles. The van der Waals surface area contributed by atoms with Gasteiger partial charge < -0.3 is 10.2 Å². The van der Waals surface area contributed by atoms with E-state index in [1.165, 1.54) is 0 Å². The monoisotopic (exact) mass is 442 g/mol. The highest BCUT2D eigenvalue weighted by atomic mass is 16.2. The molecule has 2 amide bonds. The molecule has 0 radical (unpaired) electrons. The molecule has 0 bridgehead atoms. The number of nitrogens with zero attached hydrogens (tertiary/aromatic N) is 1. The van der Waals surface area contributed by atoms with Gasteiger partial charge >= 0.3 is 0 Å². The molecule has 1 N–H and O–H groups in total. The third-order valence-corrected chi connectivity index (χ3v) is 5.53. The largest absolute Gasteiger partial charge is 0.352 e. The Balaban J connectivity index is 1.96. The highest BCUT2D eigenvalue weighted by Gasteiger charge is 2.30. The molecule has 0 fully saturated rings. The predicted octanol–water partition coefficient (Wildman–Crippen LogP) is 5.01. The summed E-state index contributed by atoms with van der Waals surface area (Å²) in [5.41, 5.74) is 5.26. The first-order valence-electron chi connectivity index (χ1n) is 11.6. The zero-order valence-corrected chi connectivity index (χ0v) is 20.0. The Hall–Kier alpha value is -3.40. The van der Waals surface area contributed by atoms with Crippen LogP contribution in [-0.4, -0.2) is 28.8 Å². The van der Waals surface area contributed by atoms with Crippen molar-refractivity contribution < 1.29 is 9.59 Å². The van der Waals surface area contributed by atoms with Crippen molar-refractivity contribution in [1.82, 2.24) is 10.2 Å². The number of amides is 2. The number of carbonyl (C=O) groups excluding carboxylic acids is 2. The average Bonchev–Trinajstić information content (AvgIpc) is 2.76. The normalized spacial score (nSPS) is 11.8. The Labute approximate surface area is 197 Å². The zero-order chi connectivity index (χ0) is 23.8. The van der Waals surface area contributed by atoms with Crippen molar-refractivity contribution in [2.24, 2.45) is 0 Å². The minimum atomic E-state index is -0.603. The third kappa shape index (κ3) is 7.31. The summed E-state index contributed by atoms with van der Waals surface area (Å²) >= 11 is 0. The number of nitrogens with one attached hydrogen (secondary N) is 1. The van der Waals surface area contributed by atoms with Gasteiger partial charge in [-0.3, -0.25) is 9.59 Å². The van der Waals surface area contributed by atoms with Crippen LogP contribution in [0.4, 0.5) is 0 Å². The van der Waals surface area contributed by atoms with Gasteiger partial charge in [0.25, 0.3) is 0 Å². The van der Waals surface area contributed by atoms with Gasteiger partial charge in [0.2, 0.25) is 11.8 Å². The first-order chi connectivity index (χ1) is 15.8. The average molecular weight is 443 g/mol. The Morgan fingerprint density at radius 1 is 0.788 bits per heavy atom. The van der Waals surface area contributed by atoms with Crippen LogP contribution in [0.15, 0.2) is 78.9 Å². The second-order valence-electron chi connectivity index (χ2n) is 9.05. The maximum Gasteiger partial charge on any atom is 0.243 e. The van der Waals surface area contributed by atoms with Crippen molar-refractivity contribution >= 4 is 11.8 Å². The standard InChI is InChI=1S/C29H34N2O2/c1-21(2)30-29(33)27(18-24-11-7-5-8-12-24)31(20-25-13-9-6-10-14-25)28(32)19-26-16-22(3)15-23(4)17-26/h5-17,21,27H,18-20H2,1-4H3,(H,30,33). The van der Waals surface area contributed by atoms with Crippen LogP contribution in [0.5, 0.6) is 0 Å². The second kappa shape index (κ2) is 11.5. The molecule has 33 heavy (non-hydrogen) atoms. The molecule has 0 aromatic heterocycles. The van der Waals surface area contributed by atoms with Crippen molar-refractivity contribution in [2.45, 2.75) is 59.2 Å². The van der Waals surface area contributed by atoms with E-state index in [2.05, 4.69) is 11.4 Å². The molecule has 0 aliphatic rings. The van der Waals surface area contributed by atoms with Crippen LogP contribution >= 0.6 is 0 Å². The molecule has 4 heteroatoms. The summed E-state index contributed by atoms with van der Waals surface area (Å²) in [6.07, 6.45) is 0.723. The van der Waals surface area contributed by atoms with Crippen LogP contribution in [0.2, 0.25) is 0 Å². The van der Waals surface area contributed by atoms with Gasteiger partial charge in [-0.05, 0) is 44.4 Å². The van der Waals surface area contributed by atoms with E-state index in [-0.39, 0.29) is 24.3 Å². The topological polar surface area (TPSA) is 49.4 Å². The fourth-order valence-electron chi connectivity index (χ4n) is 4.16. The number of hydrogen-bond acceptors (Lipinski definition) is 2. The van der Waals surface area contributed by atoms with Gasteiger partial charge in [-0.15, -0.1) is 0 Å². The van der Waals surface area contributed by atoms with Gasteiger partial charge in [-0.25, -0.2) is 0 Å². The van der Waals surface area contributed by atoms with Gasteiger partial charge in [0.1, 0.15) is 6.04 Å². The number of aryl methyl sites for hydroxylation is 2. The molecular formula is C29H34N2O2. The van der Waals surface area contributed by atoms with Crippen LogP contribution in [-0.2, 0) is 29.0 Å². The lowest BCUT2D eigenvalue weighted by molar-refractivity contribution is -0.141. The van der Waals surface area contributed by atoms with Crippen LogP contribution in [0.3, 0.4) is 0 Å². The molecule has 0 heterocycles. The molecule has 0 spiro atoms. The van der Waals surface area contributed by atoms with Crippen molar-refractivity contribution in [3.8, 4) is 0 Å². The van der Waals surface area contributed by atoms with Crippen LogP contribution in [0.25, 0.3) is 0 Å². The Kier molecular flexibility index (Phi) is 8.42. The maximum atomic E-state index is 13.7. The molecule has 172 valence electrons. The van der Waals surface area contributed by atoms with Crippen LogP contribution in [0, 0.1) is 13.8 Å². The minimum Gasteiger partial charge on any atom is -0.352 e. The van der Waals surface area contributed by atoms with E-state index in [0.29, 0.717) is 13.0 Å². The van der Waals surface area contributed by atoms with Crippen molar-refractivity contribution in [3.63, 3.8) is 0 Å². The van der Waals surface area contributed by atoms with Crippen molar-refractivity contribution in [3.05, 3.63) is 107 Å². The van der Waals surface area contributed by atoms with E-state index in [1.807, 2.05) is 100 Å². The molecule has 0 saturated heterocycles. The molecule has 3 aromatic carbocycles. The molecule has 0 saturated carbocycles. The van der Waals surface area contributed by atoms with E-state index in [0.717, 1.165) is 27.8 Å². The summed E-state index contributed by atoms with van der Waals surface area (Å²) in [5.74, 6) is -0.178. The van der Waals surface area contributed by atoms with E-state index in [9.17, 15) is 9.59 Å². The zero-order valence-electron chi connectivity index (χ0n) is 20.0. The summed E-state index contributed by atoms with van der Waals surface area (Å²) < 4.78 is 0. The maximum absolute atomic E-state index is 13.7. The number of benzene rings is 3. The third-order valence-electron chi connectivity index (χ3n) is 5.53. The van der Waals surface area contributed by atoms with Gasteiger partial charge in [0.05, 0.1) is 6.42 Å². The lowest BCUT2D eigenvalue weighted by Gasteiger charge is -2.32. The molecule has 3 aromatic rings. The fraction of sp³-hybridized carbons (Fsp3) is 0.310. The molecule has 1 unspecified atom stereocenters. The molecule has 1 atom stereocenters. The quantitative estimate of drug-likeness (QED) is 0.506. The molecule has 0 aliphatic heterocycles. The first-order valence-corrected chi connectivity index (χ1v) is 11.6. The highest BCUT2D eigenvalue weighted by Crippen LogP contribution is 2.18. The SMILES string of the molecule is Cc1cc(C)cc(CC(=O)N(Cc2ccccc2)C(Cc2ccccc2)C(=O)NC(C)C)c1. The van der Waals surface area contributed by atoms with E-state index >= 15 is 0 Å².